The molecule has 0 aliphatic heterocycles. The Morgan fingerprint density at radius 3 is 1.52 bits per heavy atom. The van der Waals surface area contributed by atoms with Crippen LogP contribution in [0.25, 0.3) is 21.5 Å². The molecule has 0 saturated carbocycles. The number of benzene rings is 8. The standard InChI is InChI=1S/C48H39N9O8S2.2O3S/c1-28-21-36(51-55-42-27-45(65-4)43(23-30(42)3)56-54-41-18-13-32-24-34(14-17-37(32)48(41)58)49-33-10-6-5-7-11-33)15-19-39(28)52-50-35-16-20-40(29(2)22-35)53-57-44-26-38-31(25-47(44)67(62,63)64)9-8-12-46(38)66(59,60)61;2*1-4(2)3/h5-27,49,58H,1-4H3,(H,59,60,61)(H,62,63,64);;. The van der Waals surface area contributed by atoms with E-state index in [4.69, 9.17) is 30.0 Å². The van der Waals surface area contributed by atoms with Gasteiger partial charge in [-0.25, -0.2) is 0 Å². The Morgan fingerprint density at radius 1 is 0.440 bits per heavy atom. The SMILES string of the molecule is COc1cc(N=Nc2ccc(N=Nc3ccc(N=Nc4cc5c(S(=O)(=O)O)cccc5cc4S(=O)(=O)O)c(C)c3)c(C)c2)c(C)cc1N=Nc1ccc2cc(Nc3ccccc3)ccc2c1O.O=S(=O)=O.O=S(=O)=O. The summed E-state index contributed by atoms with van der Waals surface area (Å²) in [6.07, 6.45) is 0. The summed E-state index contributed by atoms with van der Waals surface area (Å²) in [4.78, 5) is -1.06. The lowest BCUT2D eigenvalue weighted by molar-refractivity contribution is 0.416. The molecule has 23 nitrogen and oxygen atoms in total. The monoisotopic (exact) mass is 1090 g/mol. The predicted molar refractivity (Wildman–Crippen MR) is 275 cm³/mol. The Kier molecular flexibility index (Phi) is 17.9. The fourth-order valence-corrected chi connectivity index (χ4v) is 8.35. The summed E-state index contributed by atoms with van der Waals surface area (Å²) in [7, 11) is -14.2. The minimum atomic E-state index is -4.80. The van der Waals surface area contributed by atoms with Crippen molar-refractivity contribution in [3.05, 3.63) is 156 Å². The van der Waals surface area contributed by atoms with Crippen LogP contribution in [0.1, 0.15) is 16.7 Å². The van der Waals surface area contributed by atoms with Gasteiger partial charge in [-0.15, -0.1) is 40.6 Å². The number of phenolic OH excluding ortho intramolecular Hbond substituents is 1. The van der Waals surface area contributed by atoms with Crippen LogP contribution in [0.4, 0.5) is 56.9 Å². The predicted octanol–water partition coefficient (Wildman–Crippen LogP) is 12.5. The highest BCUT2D eigenvalue weighted by atomic mass is 32.2. The molecule has 0 radical (unpaired) electrons. The zero-order chi connectivity index (χ0) is 54.6. The number of azo groups is 4. The summed E-state index contributed by atoms with van der Waals surface area (Å²) in [5.41, 5.74) is 6.87. The first kappa shape index (κ1) is 55.5. The average Bonchev–Trinajstić information content (AvgIpc) is 3.34. The van der Waals surface area contributed by atoms with Crippen molar-refractivity contribution in [2.45, 2.75) is 30.6 Å². The van der Waals surface area contributed by atoms with Gasteiger partial charge in [0, 0.05) is 28.2 Å². The lowest BCUT2D eigenvalue weighted by atomic mass is 10.1. The van der Waals surface area contributed by atoms with E-state index >= 15 is 0 Å². The summed E-state index contributed by atoms with van der Waals surface area (Å²) in [5, 5.41) is 50.6. The van der Waals surface area contributed by atoms with E-state index in [1.807, 2.05) is 74.5 Å². The summed E-state index contributed by atoms with van der Waals surface area (Å²) >= 11 is 0. The van der Waals surface area contributed by atoms with Crippen LogP contribution >= 0.6 is 0 Å². The number of aryl methyl sites for hydroxylation is 3. The molecule has 0 heterocycles. The minimum Gasteiger partial charge on any atom is -0.505 e. The van der Waals surface area contributed by atoms with Crippen molar-refractivity contribution in [3.8, 4) is 11.5 Å². The number of ether oxygens (including phenoxy) is 1. The molecule has 0 spiro atoms. The van der Waals surface area contributed by atoms with Gasteiger partial charge in [-0.3, -0.25) is 9.11 Å². The van der Waals surface area contributed by atoms with Gasteiger partial charge in [-0.2, -0.15) is 42.4 Å². The number of rotatable bonds is 13. The molecule has 8 aromatic rings. The molecular formula is C48H39N9O14S4. The molecule has 0 atom stereocenters. The molecule has 0 fully saturated rings. The molecule has 4 N–H and O–H groups in total. The van der Waals surface area contributed by atoms with Gasteiger partial charge < -0.3 is 15.2 Å². The van der Waals surface area contributed by atoms with Gasteiger partial charge in [0.25, 0.3) is 20.2 Å². The Hall–Kier alpha value is -8.86. The largest absolute Gasteiger partial charge is 0.505 e. The van der Waals surface area contributed by atoms with Crippen molar-refractivity contribution in [1.29, 1.82) is 0 Å². The number of fused-ring (bicyclic) bond motifs is 2. The number of hydrogen-bond acceptors (Lipinski definition) is 21. The van der Waals surface area contributed by atoms with Gasteiger partial charge in [0.15, 0.2) is 5.75 Å². The van der Waals surface area contributed by atoms with Crippen LogP contribution in [0.5, 0.6) is 11.5 Å². The molecule has 8 rings (SSSR count). The van der Waals surface area contributed by atoms with Crippen molar-refractivity contribution in [2.24, 2.45) is 40.9 Å². The van der Waals surface area contributed by atoms with E-state index in [1.165, 1.54) is 19.2 Å². The lowest BCUT2D eigenvalue weighted by Crippen LogP contribution is -2.01. The number of phenols is 1. The van der Waals surface area contributed by atoms with E-state index in [-0.39, 0.29) is 22.2 Å². The smallest absolute Gasteiger partial charge is 0.425 e. The second kappa shape index (κ2) is 24.2. The van der Waals surface area contributed by atoms with Gasteiger partial charge in [-0.05, 0) is 145 Å². The third kappa shape index (κ3) is 15.1. The molecule has 0 aliphatic rings. The Labute approximate surface area is 430 Å². The molecule has 0 unspecified atom stereocenters. The number of aromatic hydroxyl groups is 1. The van der Waals surface area contributed by atoms with E-state index in [9.17, 15) is 31.0 Å². The molecular weight excluding hydrogens is 1050 g/mol. The third-order valence-corrected chi connectivity index (χ3v) is 12.2. The van der Waals surface area contributed by atoms with E-state index in [0.717, 1.165) is 46.1 Å². The van der Waals surface area contributed by atoms with Crippen LogP contribution in [0.15, 0.2) is 190 Å². The topological polar surface area (TPSA) is 352 Å². The summed E-state index contributed by atoms with van der Waals surface area (Å²) in [6, 6.07) is 38.8. The number of nitrogens with one attached hydrogen (secondary N) is 1. The second-order valence-corrected chi connectivity index (χ2v) is 19.2. The van der Waals surface area contributed by atoms with Gasteiger partial charge >= 0.3 is 21.2 Å². The molecule has 27 heteroatoms. The zero-order valence-electron chi connectivity index (χ0n) is 39.3. The average molecular weight is 1090 g/mol. The van der Waals surface area contributed by atoms with Gasteiger partial charge in [0.05, 0.1) is 35.5 Å². The fraction of sp³-hybridized carbons (Fsp3) is 0.0833. The van der Waals surface area contributed by atoms with Crippen LogP contribution in [-0.2, 0) is 41.5 Å². The van der Waals surface area contributed by atoms with Gasteiger partial charge in [0.2, 0.25) is 0 Å². The van der Waals surface area contributed by atoms with E-state index in [0.29, 0.717) is 56.5 Å². The van der Waals surface area contributed by atoms with Crippen LogP contribution in [0, 0.1) is 20.8 Å². The fourth-order valence-electron chi connectivity index (χ4n) is 7.00. The molecule has 384 valence electrons. The second-order valence-electron chi connectivity index (χ2n) is 15.6. The molecule has 75 heavy (non-hydrogen) atoms. The highest BCUT2D eigenvalue weighted by Gasteiger charge is 2.21. The van der Waals surface area contributed by atoms with Crippen molar-refractivity contribution in [3.63, 3.8) is 0 Å². The molecule has 0 aliphatic carbocycles. The zero-order valence-corrected chi connectivity index (χ0v) is 42.6. The van der Waals surface area contributed by atoms with Gasteiger partial charge in [0.1, 0.15) is 32.6 Å². The van der Waals surface area contributed by atoms with Crippen molar-refractivity contribution in [1.82, 2.24) is 0 Å². The highest BCUT2D eigenvalue weighted by Crippen LogP contribution is 2.41. The van der Waals surface area contributed by atoms with E-state index in [1.54, 1.807) is 55.5 Å². The van der Waals surface area contributed by atoms with Crippen molar-refractivity contribution >= 4 is 120 Å². The normalized spacial score (nSPS) is 11.7. The first-order valence-corrected chi connectivity index (χ1v) is 26.1. The maximum atomic E-state index is 12.2. The van der Waals surface area contributed by atoms with Crippen molar-refractivity contribution in [2.75, 3.05) is 12.4 Å². The van der Waals surface area contributed by atoms with Gasteiger partial charge in [-0.1, -0.05) is 36.4 Å². The van der Waals surface area contributed by atoms with E-state index < -0.39 is 51.2 Å². The number of hydrogen-bond donors (Lipinski definition) is 4. The molecule has 8 aromatic carbocycles. The molecule has 0 aromatic heterocycles. The molecule has 0 amide bonds. The van der Waals surface area contributed by atoms with E-state index in [2.05, 4.69) is 46.2 Å². The first-order valence-electron chi connectivity index (χ1n) is 21.2. The third-order valence-electron chi connectivity index (χ3n) is 10.4. The number of methoxy groups -OCH3 is 1. The van der Waals surface area contributed by atoms with Crippen LogP contribution < -0.4 is 10.1 Å². The lowest BCUT2D eigenvalue weighted by Gasteiger charge is -2.10. The number of para-hydroxylation sites is 1. The Morgan fingerprint density at radius 2 is 0.947 bits per heavy atom. The Bertz CT molecular complexity index is 4070. The maximum absolute atomic E-state index is 12.2. The molecule has 0 bridgehead atoms. The summed E-state index contributed by atoms with van der Waals surface area (Å²) in [6.45, 7) is 5.45. The molecule has 0 saturated heterocycles. The number of nitrogens with zero attached hydrogens (tertiary/aromatic N) is 8. The van der Waals surface area contributed by atoms with Crippen LogP contribution in [0.2, 0.25) is 0 Å². The van der Waals surface area contributed by atoms with Crippen molar-refractivity contribution < 1.29 is 61.0 Å². The van der Waals surface area contributed by atoms with Crippen LogP contribution in [-0.4, -0.2) is 63.4 Å². The Balaban J connectivity index is 0.00000107. The minimum absolute atomic E-state index is 0.00589. The summed E-state index contributed by atoms with van der Waals surface area (Å²) in [5.74, 6) is 0.415. The highest BCUT2D eigenvalue weighted by molar-refractivity contribution is 7.86. The maximum Gasteiger partial charge on any atom is 0.425 e. The first-order chi connectivity index (χ1) is 35.5. The summed E-state index contributed by atoms with van der Waals surface area (Å²) < 4.78 is 124. The number of anilines is 2. The quantitative estimate of drug-likeness (QED) is 0.0616. The van der Waals surface area contributed by atoms with Crippen LogP contribution in [0.3, 0.4) is 0 Å².